The lowest BCUT2D eigenvalue weighted by atomic mass is 10.3. The molecule has 7 heteroatoms. The maximum absolute atomic E-state index is 11.9. The molecule has 108 valence electrons. The summed E-state index contributed by atoms with van der Waals surface area (Å²) in [5, 5.41) is 3.70. The fourth-order valence-electron chi connectivity index (χ4n) is 1.93. The molecule has 0 saturated carbocycles. The molecule has 6 nitrogen and oxygen atoms in total. The Kier molecular flexibility index (Phi) is 4.08. The van der Waals surface area contributed by atoms with Gasteiger partial charge in [-0.3, -0.25) is 4.79 Å². The number of sulfonamides is 1. The first-order valence-corrected chi connectivity index (χ1v) is 7.81. The highest BCUT2D eigenvalue weighted by molar-refractivity contribution is 7.89. The summed E-state index contributed by atoms with van der Waals surface area (Å²) in [7, 11) is -3.65. The Bertz CT molecular complexity index is 631. The van der Waals surface area contributed by atoms with Crippen molar-refractivity contribution in [1.29, 1.82) is 0 Å². The number of benzene rings is 1. The van der Waals surface area contributed by atoms with Crippen LogP contribution in [-0.4, -0.2) is 26.6 Å². The Labute approximate surface area is 118 Å². The molecule has 0 radical (unpaired) electrons. The van der Waals surface area contributed by atoms with Crippen LogP contribution in [0, 0.1) is 0 Å². The second kappa shape index (κ2) is 5.62. The number of carbonyl (C=O) groups excluding carboxylic acids is 1. The number of rotatable bonds is 4. The molecular formula is C13H17N3O3S. The Hall–Kier alpha value is -1.89. The second-order valence-electron chi connectivity index (χ2n) is 4.80. The lowest BCUT2D eigenvalue weighted by Crippen LogP contribution is -2.24. The second-order valence-corrected chi connectivity index (χ2v) is 6.46. The van der Waals surface area contributed by atoms with Gasteiger partial charge in [-0.25, -0.2) is 4.83 Å². The molecule has 0 aliphatic carbocycles. The first-order valence-electron chi connectivity index (χ1n) is 6.33. The zero-order chi connectivity index (χ0) is 14.8. The molecule has 0 bridgehead atoms. The Morgan fingerprint density at radius 3 is 2.40 bits per heavy atom. The molecule has 20 heavy (non-hydrogen) atoms. The van der Waals surface area contributed by atoms with Crippen LogP contribution >= 0.6 is 0 Å². The fourth-order valence-corrected chi connectivity index (χ4v) is 2.83. The van der Waals surface area contributed by atoms with Crippen molar-refractivity contribution in [3.63, 3.8) is 0 Å². The van der Waals surface area contributed by atoms with Gasteiger partial charge < -0.3 is 4.90 Å². The number of anilines is 1. The molecule has 0 spiro atoms. The summed E-state index contributed by atoms with van der Waals surface area (Å²) in [6.07, 6.45) is 1.39. The van der Waals surface area contributed by atoms with Gasteiger partial charge in [-0.05, 0) is 44.5 Å². The monoisotopic (exact) mass is 295 g/mol. The van der Waals surface area contributed by atoms with Crippen molar-refractivity contribution in [3.8, 4) is 0 Å². The van der Waals surface area contributed by atoms with Gasteiger partial charge in [0.05, 0.1) is 4.90 Å². The summed E-state index contributed by atoms with van der Waals surface area (Å²) in [5.41, 5.74) is 1.34. The quantitative estimate of drug-likeness (QED) is 0.675. The third-order valence-electron chi connectivity index (χ3n) is 2.92. The van der Waals surface area contributed by atoms with E-state index < -0.39 is 10.0 Å². The maximum atomic E-state index is 11.9. The summed E-state index contributed by atoms with van der Waals surface area (Å²) in [6.45, 7) is 4.08. The molecule has 1 aromatic carbocycles. The summed E-state index contributed by atoms with van der Waals surface area (Å²) in [6, 6.07) is 6.23. The van der Waals surface area contributed by atoms with E-state index >= 15 is 0 Å². The average molecular weight is 295 g/mol. The van der Waals surface area contributed by atoms with Crippen molar-refractivity contribution in [1.82, 2.24) is 4.83 Å². The van der Waals surface area contributed by atoms with Gasteiger partial charge in [0.1, 0.15) is 0 Å². The van der Waals surface area contributed by atoms with Crippen LogP contribution in [0.15, 0.2) is 34.3 Å². The van der Waals surface area contributed by atoms with Crippen LogP contribution in [0.5, 0.6) is 0 Å². The number of amides is 1. The molecule has 0 atom stereocenters. The van der Waals surface area contributed by atoms with Crippen LogP contribution in [0.25, 0.3) is 0 Å². The minimum Gasteiger partial charge on any atom is -0.312 e. The van der Waals surface area contributed by atoms with Gasteiger partial charge in [0, 0.05) is 24.4 Å². The van der Waals surface area contributed by atoms with Crippen LogP contribution in [0.3, 0.4) is 0 Å². The number of nitrogens with one attached hydrogen (secondary N) is 1. The topological polar surface area (TPSA) is 78.8 Å². The molecule has 0 unspecified atom stereocenters. The van der Waals surface area contributed by atoms with E-state index in [2.05, 4.69) is 9.93 Å². The Morgan fingerprint density at radius 2 is 1.90 bits per heavy atom. The molecule has 1 aromatic rings. The molecule has 1 fully saturated rings. The van der Waals surface area contributed by atoms with E-state index in [-0.39, 0.29) is 10.8 Å². The van der Waals surface area contributed by atoms with Crippen LogP contribution in [0.2, 0.25) is 0 Å². The van der Waals surface area contributed by atoms with E-state index in [0.717, 1.165) is 12.1 Å². The predicted molar refractivity (Wildman–Crippen MR) is 77.1 cm³/mol. The molecule has 1 aliphatic rings. The van der Waals surface area contributed by atoms with E-state index in [4.69, 9.17) is 0 Å². The van der Waals surface area contributed by atoms with Crippen molar-refractivity contribution in [2.24, 2.45) is 5.10 Å². The highest BCUT2D eigenvalue weighted by Crippen LogP contribution is 2.22. The summed E-state index contributed by atoms with van der Waals surface area (Å²) in [5.74, 6) is 0.0740. The third-order valence-corrected chi connectivity index (χ3v) is 4.15. The van der Waals surface area contributed by atoms with E-state index in [1.807, 2.05) is 0 Å². The SMILES string of the molecule is CC(C)=NNS(=O)(=O)c1ccc(N2CCCC2=O)cc1. The number of nitrogens with zero attached hydrogens (tertiary/aromatic N) is 2. The molecule has 1 amide bonds. The minimum atomic E-state index is -3.65. The molecule has 2 rings (SSSR count). The third kappa shape index (κ3) is 3.16. The van der Waals surface area contributed by atoms with Crippen molar-refractivity contribution < 1.29 is 13.2 Å². The zero-order valence-electron chi connectivity index (χ0n) is 11.5. The van der Waals surface area contributed by atoms with Crippen LogP contribution in [0.1, 0.15) is 26.7 Å². The summed E-state index contributed by atoms with van der Waals surface area (Å²) >= 11 is 0. The van der Waals surface area contributed by atoms with E-state index in [1.165, 1.54) is 12.1 Å². The average Bonchev–Trinajstić information content (AvgIpc) is 2.83. The normalized spacial score (nSPS) is 15.3. The molecule has 1 aliphatic heterocycles. The highest BCUT2D eigenvalue weighted by Gasteiger charge is 2.22. The lowest BCUT2D eigenvalue weighted by molar-refractivity contribution is -0.117. The van der Waals surface area contributed by atoms with Gasteiger partial charge in [0.15, 0.2) is 0 Å². The number of hydrogen-bond acceptors (Lipinski definition) is 4. The van der Waals surface area contributed by atoms with Crippen LogP contribution < -0.4 is 9.73 Å². The van der Waals surface area contributed by atoms with Crippen molar-refractivity contribution >= 4 is 27.3 Å². The van der Waals surface area contributed by atoms with E-state index in [1.54, 1.807) is 30.9 Å². The van der Waals surface area contributed by atoms with Gasteiger partial charge in [0.25, 0.3) is 10.0 Å². The molecule has 1 heterocycles. The van der Waals surface area contributed by atoms with E-state index in [0.29, 0.717) is 18.7 Å². The number of carbonyl (C=O) groups is 1. The molecule has 1 N–H and O–H groups in total. The van der Waals surface area contributed by atoms with Crippen LogP contribution in [-0.2, 0) is 14.8 Å². The first kappa shape index (κ1) is 14.5. The van der Waals surface area contributed by atoms with Crippen molar-refractivity contribution in [2.75, 3.05) is 11.4 Å². The smallest absolute Gasteiger partial charge is 0.276 e. The van der Waals surface area contributed by atoms with Gasteiger partial charge in [0.2, 0.25) is 5.91 Å². The van der Waals surface area contributed by atoms with Gasteiger partial charge in [-0.15, -0.1) is 0 Å². The lowest BCUT2D eigenvalue weighted by Gasteiger charge is -2.15. The molecule has 0 aromatic heterocycles. The van der Waals surface area contributed by atoms with Crippen LogP contribution in [0.4, 0.5) is 5.69 Å². The largest absolute Gasteiger partial charge is 0.312 e. The van der Waals surface area contributed by atoms with Crippen molar-refractivity contribution in [3.05, 3.63) is 24.3 Å². The maximum Gasteiger partial charge on any atom is 0.276 e. The Balaban J connectivity index is 2.20. The minimum absolute atomic E-state index is 0.0740. The zero-order valence-corrected chi connectivity index (χ0v) is 12.3. The standard InChI is InChI=1S/C13H17N3O3S/c1-10(2)14-15-20(18,19)12-7-5-11(6-8-12)16-9-3-4-13(16)17/h5-8,15H,3-4,9H2,1-2H3. The summed E-state index contributed by atoms with van der Waals surface area (Å²) < 4.78 is 23.9. The number of hydrogen-bond donors (Lipinski definition) is 1. The fraction of sp³-hybridized carbons (Fsp3) is 0.385. The Morgan fingerprint density at radius 1 is 1.25 bits per heavy atom. The van der Waals surface area contributed by atoms with Crippen molar-refractivity contribution in [2.45, 2.75) is 31.6 Å². The molecule has 1 saturated heterocycles. The number of hydrazone groups is 1. The summed E-state index contributed by atoms with van der Waals surface area (Å²) in [4.78, 5) is 15.6. The van der Waals surface area contributed by atoms with Gasteiger partial charge >= 0.3 is 0 Å². The molecular weight excluding hydrogens is 278 g/mol. The first-order chi connectivity index (χ1) is 9.40. The van der Waals surface area contributed by atoms with Gasteiger partial charge in [-0.2, -0.15) is 13.5 Å². The highest BCUT2D eigenvalue weighted by atomic mass is 32.2. The van der Waals surface area contributed by atoms with Gasteiger partial charge in [-0.1, -0.05) is 0 Å². The van der Waals surface area contributed by atoms with E-state index in [9.17, 15) is 13.2 Å². The predicted octanol–water partition coefficient (Wildman–Crippen LogP) is 1.49.